The van der Waals surface area contributed by atoms with Gasteiger partial charge in [0.05, 0.1) is 0 Å². The van der Waals surface area contributed by atoms with Gasteiger partial charge in [-0.1, -0.05) is 80.4 Å². The summed E-state index contributed by atoms with van der Waals surface area (Å²) in [6.07, 6.45) is 13.6. The van der Waals surface area contributed by atoms with Crippen molar-refractivity contribution in [1.82, 2.24) is 0 Å². The molecule has 0 saturated carbocycles. The third kappa shape index (κ3) is 6.68. The number of fused-ring (bicyclic) bond motifs is 1. The number of ether oxygens (including phenoxy) is 3. The molecule has 1 saturated heterocycles. The maximum atomic E-state index is 6.47. The van der Waals surface area contributed by atoms with E-state index in [1.54, 1.807) is 6.26 Å². The van der Waals surface area contributed by atoms with Gasteiger partial charge in [-0.2, -0.15) is 4.40 Å². The van der Waals surface area contributed by atoms with Crippen molar-refractivity contribution in [2.24, 2.45) is 4.40 Å². The van der Waals surface area contributed by atoms with Crippen LogP contribution in [0.5, 0.6) is 0 Å². The number of halogens is 3. The number of rotatable bonds is 10. The molecule has 0 bridgehead atoms. The number of hydrogen-bond donors (Lipinski definition) is 0. The fourth-order valence-corrected chi connectivity index (χ4v) is 4.25. The Kier molecular flexibility index (Phi) is 9.57. The van der Waals surface area contributed by atoms with Crippen LogP contribution < -0.4 is 0 Å². The predicted octanol–water partition coefficient (Wildman–Crippen LogP) is 6.63. The van der Waals surface area contributed by atoms with Crippen molar-refractivity contribution in [2.75, 3.05) is 6.26 Å². The monoisotopic (exact) mass is 457 g/mol. The molecule has 27 heavy (non-hydrogen) atoms. The van der Waals surface area contributed by atoms with Gasteiger partial charge >= 0.3 is 0 Å². The van der Waals surface area contributed by atoms with Gasteiger partial charge in [-0.3, -0.25) is 0 Å². The van der Waals surface area contributed by atoms with E-state index in [0.717, 1.165) is 25.7 Å². The van der Waals surface area contributed by atoms with Crippen molar-refractivity contribution >= 4 is 52.6 Å². The van der Waals surface area contributed by atoms with Crippen molar-refractivity contribution < 1.29 is 14.2 Å². The molecule has 156 valence electrons. The van der Waals surface area contributed by atoms with Gasteiger partial charge < -0.3 is 14.2 Å². The highest BCUT2D eigenvalue weighted by Gasteiger charge is 2.52. The van der Waals surface area contributed by atoms with Crippen molar-refractivity contribution in [3.05, 3.63) is 12.2 Å². The molecular formula is C19H30Cl3NO3S. The summed E-state index contributed by atoms with van der Waals surface area (Å²) in [5.74, 6) is -0.476. The first kappa shape index (κ1) is 23.6. The van der Waals surface area contributed by atoms with Crippen LogP contribution in [0, 0.1) is 0 Å². The largest absolute Gasteiger partial charge is 0.467 e. The number of hydrogen-bond acceptors (Lipinski definition) is 5. The van der Waals surface area contributed by atoms with E-state index in [-0.39, 0.29) is 24.2 Å². The molecule has 0 aromatic rings. The Morgan fingerprint density at radius 2 is 1.70 bits per heavy atom. The molecule has 0 aromatic carbocycles. The van der Waals surface area contributed by atoms with Gasteiger partial charge in [0.15, 0.2) is 5.79 Å². The minimum absolute atomic E-state index is 0.0633. The molecule has 0 N–H and O–H groups in total. The summed E-state index contributed by atoms with van der Waals surface area (Å²) in [5.41, 5.74) is 0. The molecule has 0 radical (unpaired) electrons. The quantitative estimate of drug-likeness (QED) is 0.0919. The van der Waals surface area contributed by atoms with Crippen LogP contribution >= 0.6 is 46.8 Å². The van der Waals surface area contributed by atoms with E-state index < -0.39 is 9.58 Å². The van der Waals surface area contributed by atoms with E-state index in [1.165, 1.54) is 37.6 Å². The Morgan fingerprint density at radius 3 is 2.22 bits per heavy atom. The highest BCUT2D eigenvalue weighted by Crippen LogP contribution is 2.43. The van der Waals surface area contributed by atoms with E-state index in [9.17, 15) is 0 Å². The zero-order chi connectivity index (χ0) is 19.9. The third-order valence-corrected chi connectivity index (χ3v) is 5.66. The molecule has 3 atom stereocenters. The summed E-state index contributed by atoms with van der Waals surface area (Å²) in [5, 5.41) is 0. The topological polar surface area (TPSA) is 40.0 Å². The smallest absolute Gasteiger partial charge is 0.267 e. The average molecular weight is 459 g/mol. The SMILES string of the molecule is CCCCCC1(CCCCC)O[C@H]2[C@H](C=C[C@H]2O/C(=N/SC)C(Cl)(Cl)Cl)O1. The van der Waals surface area contributed by atoms with Crippen LogP contribution in [0.3, 0.4) is 0 Å². The highest BCUT2D eigenvalue weighted by atomic mass is 35.6. The van der Waals surface area contributed by atoms with E-state index >= 15 is 0 Å². The lowest BCUT2D eigenvalue weighted by Crippen LogP contribution is -2.37. The Morgan fingerprint density at radius 1 is 1.07 bits per heavy atom. The second-order valence-corrected chi connectivity index (χ2v) is 9.86. The third-order valence-electron chi connectivity index (χ3n) is 4.83. The van der Waals surface area contributed by atoms with Crippen LogP contribution in [0.2, 0.25) is 0 Å². The summed E-state index contributed by atoms with van der Waals surface area (Å²) in [6.45, 7) is 4.40. The van der Waals surface area contributed by atoms with E-state index in [0.29, 0.717) is 0 Å². The average Bonchev–Trinajstić information content (AvgIpc) is 3.13. The number of alkyl halides is 3. The van der Waals surface area contributed by atoms with Gasteiger partial charge in [0.25, 0.3) is 3.79 Å². The summed E-state index contributed by atoms with van der Waals surface area (Å²) < 4.78 is 21.2. The zero-order valence-corrected chi connectivity index (χ0v) is 19.3. The van der Waals surface area contributed by atoms with E-state index in [4.69, 9.17) is 49.0 Å². The summed E-state index contributed by atoms with van der Waals surface area (Å²) in [7, 11) is 0. The molecule has 0 aromatic heterocycles. The minimum atomic E-state index is -1.71. The van der Waals surface area contributed by atoms with Crippen LogP contribution in [0.4, 0.5) is 0 Å². The van der Waals surface area contributed by atoms with Crippen molar-refractivity contribution in [1.29, 1.82) is 0 Å². The minimum Gasteiger partial charge on any atom is -0.467 e. The van der Waals surface area contributed by atoms with Crippen molar-refractivity contribution in [3.8, 4) is 0 Å². The molecule has 0 unspecified atom stereocenters. The maximum absolute atomic E-state index is 6.47. The molecule has 0 spiro atoms. The lowest BCUT2D eigenvalue weighted by molar-refractivity contribution is -0.190. The second kappa shape index (κ2) is 10.9. The molecule has 1 heterocycles. The standard InChI is InChI=1S/C19H30Cl3NO3S/c1-4-6-8-12-18(13-9-7-5-2)25-15-11-10-14(16(15)26-18)24-17(23-27-3)19(20,21)22/h10-11,14-16H,4-9,12-13H2,1-3H3/b23-17+/t14-,15+,16-/m1/s1. The van der Waals surface area contributed by atoms with Crippen LogP contribution in [-0.2, 0) is 14.2 Å². The van der Waals surface area contributed by atoms with Crippen molar-refractivity contribution in [2.45, 2.75) is 93.1 Å². The number of nitrogens with zero attached hydrogens (tertiary/aromatic N) is 1. The summed E-state index contributed by atoms with van der Waals surface area (Å²) >= 11 is 19.2. The highest BCUT2D eigenvalue weighted by molar-refractivity contribution is 7.97. The molecule has 0 amide bonds. The second-order valence-electron chi connectivity index (χ2n) is 7.03. The first-order valence-electron chi connectivity index (χ1n) is 9.74. The van der Waals surface area contributed by atoms with Crippen molar-refractivity contribution in [3.63, 3.8) is 0 Å². The van der Waals surface area contributed by atoms with Gasteiger partial charge in [-0.05, 0) is 30.9 Å². The fourth-order valence-electron chi connectivity index (χ4n) is 3.50. The van der Waals surface area contributed by atoms with Crippen LogP contribution in [0.25, 0.3) is 0 Å². The molecule has 2 rings (SSSR count). The Hall–Kier alpha value is 0.350. The molecule has 1 aliphatic carbocycles. The normalized spacial score (nSPS) is 27.2. The lowest BCUT2D eigenvalue weighted by atomic mass is 10.0. The van der Waals surface area contributed by atoms with Gasteiger partial charge in [0.2, 0.25) is 5.90 Å². The van der Waals surface area contributed by atoms with E-state index in [1.807, 2.05) is 12.2 Å². The maximum Gasteiger partial charge on any atom is 0.267 e. The Balaban J connectivity index is 2.06. The molecule has 1 aliphatic heterocycles. The summed E-state index contributed by atoms with van der Waals surface area (Å²) in [4.78, 5) is 0. The van der Waals surface area contributed by atoms with Gasteiger partial charge in [0.1, 0.15) is 18.3 Å². The van der Waals surface area contributed by atoms with Crippen LogP contribution in [0.1, 0.15) is 65.2 Å². The molecule has 2 aliphatic rings. The van der Waals surface area contributed by atoms with Gasteiger partial charge in [0, 0.05) is 19.1 Å². The Labute approximate surface area is 182 Å². The van der Waals surface area contributed by atoms with Gasteiger partial charge in [-0.15, -0.1) is 0 Å². The first-order chi connectivity index (χ1) is 12.8. The summed E-state index contributed by atoms with van der Waals surface area (Å²) in [6, 6.07) is 0. The van der Waals surface area contributed by atoms with Crippen LogP contribution in [-0.4, -0.2) is 40.0 Å². The molecule has 1 fully saturated rings. The lowest BCUT2D eigenvalue weighted by Gasteiger charge is -2.30. The Bertz CT molecular complexity index is 515. The fraction of sp³-hybridized carbons (Fsp3) is 0.842. The van der Waals surface area contributed by atoms with Crippen LogP contribution in [0.15, 0.2) is 16.5 Å². The molecule has 4 nitrogen and oxygen atoms in total. The molecule has 8 heteroatoms. The van der Waals surface area contributed by atoms with Gasteiger partial charge in [-0.25, -0.2) is 0 Å². The number of unbranched alkanes of at least 4 members (excludes halogenated alkanes) is 4. The first-order valence-corrected chi connectivity index (χ1v) is 12.1. The molecular weight excluding hydrogens is 429 g/mol. The predicted molar refractivity (Wildman–Crippen MR) is 116 cm³/mol. The van der Waals surface area contributed by atoms with E-state index in [2.05, 4.69) is 18.2 Å². The zero-order valence-electron chi connectivity index (χ0n) is 16.3.